The molecular weight excluding hydrogens is 174 g/mol. The Morgan fingerprint density at radius 1 is 1.73 bits per heavy atom. The van der Waals surface area contributed by atoms with E-state index in [1.165, 1.54) is 0 Å². The maximum absolute atomic E-state index is 5.02. The van der Waals surface area contributed by atoms with Gasteiger partial charge < -0.3 is 5.32 Å². The lowest BCUT2D eigenvalue weighted by Crippen LogP contribution is -2.13. The predicted molar refractivity (Wildman–Crippen MR) is 54.7 cm³/mol. The summed E-state index contributed by atoms with van der Waals surface area (Å²) in [6.07, 6.45) is 8.45. The first-order chi connectivity index (χ1) is 5.34. The molecule has 0 radical (unpaired) electrons. The van der Waals surface area contributed by atoms with Crippen molar-refractivity contribution >= 4 is 34.3 Å². The second-order valence-corrected chi connectivity index (χ2v) is 2.70. The fourth-order valence-electron chi connectivity index (χ4n) is 0.765. The van der Waals surface area contributed by atoms with Gasteiger partial charge in [-0.1, -0.05) is 24.4 Å². The van der Waals surface area contributed by atoms with Gasteiger partial charge in [-0.2, -0.15) is 0 Å². The number of allylic oxidation sites excluding steroid dienone is 3. The Hall–Kier alpha value is -0.760. The molecule has 1 nitrogen and oxygen atoms in total. The molecule has 0 aliphatic carbocycles. The highest BCUT2D eigenvalue weighted by Gasteiger charge is 2.00. The first-order valence-electron chi connectivity index (χ1n) is 3.21. The van der Waals surface area contributed by atoms with Crippen LogP contribution in [0.25, 0.3) is 0 Å². The Morgan fingerprint density at radius 3 is 3.09 bits per heavy atom. The van der Waals surface area contributed by atoms with E-state index in [1.54, 1.807) is 6.08 Å². The third-order valence-corrected chi connectivity index (χ3v) is 1.73. The summed E-state index contributed by atoms with van der Waals surface area (Å²) in [5, 5.41) is 5.50. The molecule has 1 rings (SSSR count). The monoisotopic (exact) mass is 181 g/mol. The maximum Gasteiger partial charge on any atom is 0.0694 e. The van der Waals surface area contributed by atoms with Gasteiger partial charge in [-0.05, 0) is 29.9 Å². The summed E-state index contributed by atoms with van der Waals surface area (Å²) >= 11 is 9.56. The summed E-state index contributed by atoms with van der Waals surface area (Å²) in [5.74, 6) is 0. The van der Waals surface area contributed by atoms with E-state index in [0.29, 0.717) is 4.86 Å². The summed E-state index contributed by atoms with van der Waals surface area (Å²) in [4.78, 5) is 0.712. The first-order valence-corrected chi connectivity index (χ1v) is 4.03. The van der Waals surface area contributed by atoms with Crippen LogP contribution in [0.15, 0.2) is 30.1 Å². The number of nitrogens with one attached hydrogen (secondary N) is 1. The molecule has 0 aromatic heterocycles. The molecule has 0 spiro atoms. The smallest absolute Gasteiger partial charge is 0.0694 e. The van der Waals surface area contributed by atoms with Gasteiger partial charge in [-0.25, -0.2) is 0 Å². The number of dihydropyridines is 1. The molecule has 0 saturated carbocycles. The van der Waals surface area contributed by atoms with E-state index in [9.17, 15) is 0 Å². The van der Waals surface area contributed by atoms with Crippen molar-refractivity contribution in [3.8, 4) is 0 Å². The fraction of sp³-hybridized carbons (Fsp3) is 0.125. The molecule has 0 unspecified atom stereocenters. The third kappa shape index (κ3) is 2.39. The number of rotatable bonds is 2. The lowest BCUT2D eigenvalue weighted by atomic mass is 10.2. The largest absolute Gasteiger partial charge is 0.361 e. The molecule has 3 heteroatoms. The van der Waals surface area contributed by atoms with Gasteiger partial charge in [0.2, 0.25) is 0 Å². The first kappa shape index (κ1) is 8.34. The number of hydrogen-bond donors (Lipinski definition) is 1. The second-order valence-electron chi connectivity index (χ2n) is 2.03. The highest BCUT2D eigenvalue weighted by molar-refractivity contribution is 7.81. The third-order valence-electron chi connectivity index (χ3n) is 1.27. The van der Waals surface area contributed by atoms with Crippen LogP contribution in [0.5, 0.6) is 0 Å². The van der Waals surface area contributed by atoms with Crippen molar-refractivity contribution in [2.45, 2.75) is 6.42 Å². The Kier molecular flexibility index (Phi) is 3.17. The number of thiocarbonyl (C=S) groups is 2. The summed E-state index contributed by atoms with van der Waals surface area (Å²) < 4.78 is 0. The van der Waals surface area contributed by atoms with E-state index < -0.39 is 0 Å². The highest BCUT2D eigenvalue weighted by atomic mass is 32.1. The van der Waals surface area contributed by atoms with Crippen LogP contribution in [0.4, 0.5) is 0 Å². The summed E-state index contributed by atoms with van der Waals surface area (Å²) in [6, 6.07) is 0. The Morgan fingerprint density at radius 2 is 2.55 bits per heavy atom. The minimum Gasteiger partial charge on any atom is -0.361 e. The average molecular weight is 181 g/mol. The molecule has 56 valence electrons. The van der Waals surface area contributed by atoms with Crippen molar-refractivity contribution < 1.29 is 0 Å². The van der Waals surface area contributed by atoms with Gasteiger partial charge in [-0.15, -0.1) is 0 Å². The van der Waals surface area contributed by atoms with Crippen LogP contribution in [-0.4, -0.2) is 9.89 Å². The van der Waals surface area contributed by atoms with Gasteiger partial charge in [0.1, 0.15) is 0 Å². The molecule has 1 N–H and O–H groups in total. The SMILES string of the molecule is S=C=CC(=S)C1=CCC=CN1. The van der Waals surface area contributed by atoms with E-state index in [0.717, 1.165) is 12.1 Å². The molecular formula is C8H7NS2. The van der Waals surface area contributed by atoms with E-state index in [4.69, 9.17) is 12.2 Å². The van der Waals surface area contributed by atoms with Crippen molar-refractivity contribution in [3.05, 3.63) is 30.1 Å². The summed E-state index contributed by atoms with van der Waals surface area (Å²) in [7, 11) is 0. The van der Waals surface area contributed by atoms with Crippen LogP contribution in [0.1, 0.15) is 6.42 Å². The van der Waals surface area contributed by atoms with E-state index >= 15 is 0 Å². The van der Waals surface area contributed by atoms with Crippen molar-refractivity contribution in [1.82, 2.24) is 5.32 Å². The van der Waals surface area contributed by atoms with Crippen molar-refractivity contribution in [1.29, 1.82) is 0 Å². The standard InChI is InChI=1S/C8H7NS2/c10-6-4-8(11)7-3-1-2-5-9-7/h2-5,9H,1H2. The highest BCUT2D eigenvalue weighted by Crippen LogP contribution is 2.02. The molecule has 11 heavy (non-hydrogen) atoms. The molecule has 0 amide bonds. The molecule has 0 bridgehead atoms. The molecule has 0 aromatic carbocycles. The predicted octanol–water partition coefficient (Wildman–Crippen LogP) is 1.90. The average Bonchev–Trinajstić information content (AvgIpc) is 2.07. The van der Waals surface area contributed by atoms with Crippen LogP contribution in [-0.2, 0) is 0 Å². The van der Waals surface area contributed by atoms with Crippen LogP contribution in [0, 0.1) is 0 Å². The lowest BCUT2D eigenvalue weighted by molar-refractivity contribution is 1.07. The van der Waals surface area contributed by atoms with Crippen LogP contribution in [0.3, 0.4) is 0 Å². The van der Waals surface area contributed by atoms with Gasteiger partial charge in [0.15, 0.2) is 0 Å². The Balaban J connectivity index is 2.67. The normalized spacial score (nSPS) is 14.4. The van der Waals surface area contributed by atoms with Crippen LogP contribution < -0.4 is 5.32 Å². The lowest BCUT2D eigenvalue weighted by Gasteiger charge is -2.07. The summed E-state index contributed by atoms with van der Waals surface area (Å²) in [5.41, 5.74) is 0.944. The molecule has 0 fully saturated rings. The van der Waals surface area contributed by atoms with Crippen LogP contribution >= 0.6 is 24.4 Å². The Labute approximate surface area is 76.5 Å². The van der Waals surface area contributed by atoms with Gasteiger partial charge >= 0.3 is 0 Å². The molecule has 1 aliphatic rings. The van der Waals surface area contributed by atoms with E-state index in [-0.39, 0.29) is 0 Å². The van der Waals surface area contributed by atoms with Gasteiger partial charge in [0.05, 0.1) is 10.6 Å². The van der Waals surface area contributed by atoms with E-state index in [1.807, 2.05) is 18.4 Å². The van der Waals surface area contributed by atoms with Crippen molar-refractivity contribution in [2.24, 2.45) is 0 Å². The zero-order chi connectivity index (χ0) is 8.10. The van der Waals surface area contributed by atoms with Crippen molar-refractivity contribution in [2.75, 3.05) is 0 Å². The second kappa shape index (κ2) is 4.19. The molecule has 0 aromatic rings. The zero-order valence-electron chi connectivity index (χ0n) is 5.83. The van der Waals surface area contributed by atoms with Crippen molar-refractivity contribution in [3.63, 3.8) is 0 Å². The molecule has 0 saturated heterocycles. The van der Waals surface area contributed by atoms with Gasteiger partial charge in [-0.3, -0.25) is 0 Å². The minimum atomic E-state index is 0.712. The van der Waals surface area contributed by atoms with Gasteiger partial charge in [0, 0.05) is 6.08 Å². The maximum atomic E-state index is 5.02. The topological polar surface area (TPSA) is 12.0 Å². The molecule has 0 atom stereocenters. The Bertz CT molecular complexity index is 270. The molecule has 1 heterocycles. The van der Waals surface area contributed by atoms with E-state index in [2.05, 4.69) is 22.6 Å². The quantitative estimate of drug-likeness (QED) is 0.516. The number of hydrogen-bond acceptors (Lipinski definition) is 3. The molecule has 1 aliphatic heterocycles. The van der Waals surface area contributed by atoms with Crippen LogP contribution in [0.2, 0.25) is 0 Å². The zero-order valence-corrected chi connectivity index (χ0v) is 7.47. The fourth-order valence-corrected chi connectivity index (χ4v) is 1.16. The summed E-state index contributed by atoms with van der Waals surface area (Å²) in [6.45, 7) is 0. The minimum absolute atomic E-state index is 0.712. The van der Waals surface area contributed by atoms with Gasteiger partial charge in [0.25, 0.3) is 0 Å².